The molecule has 1 unspecified atom stereocenters. The van der Waals surface area contributed by atoms with E-state index in [9.17, 15) is 9.67 Å². The van der Waals surface area contributed by atoms with Gasteiger partial charge in [0.1, 0.15) is 0 Å². The van der Waals surface area contributed by atoms with E-state index in [1.165, 1.54) is 65.6 Å². The number of phosphoric ester groups is 1. The van der Waals surface area contributed by atoms with Gasteiger partial charge in [0.2, 0.25) is 0 Å². The van der Waals surface area contributed by atoms with Crippen molar-refractivity contribution in [1.29, 1.82) is 0 Å². The molecule has 0 heterocycles. The van der Waals surface area contributed by atoms with Crippen LogP contribution in [0.5, 0.6) is 0 Å². The average molecular weight is 352 g/mol. The summed E-state index contributed by atoms with van der Waals surface area (Å²) in [5.74, 6) is -1.44. The molecule has 6 heteroatoms. The number of aliphatic hydroxyl groups is 1. The predicted molar refractivity (Wildman–Crippen MR) is 94.4 cm³/mol. The number of unbranched alkanes of at least 4 members (excludes halogenated alkanes) is 9. The van der Waals surface area contributed by atoms with Crippen LogP contribution in [0.4, 0.5) is 0 Å². The van der Waals surface area contributed by atoms with Crippen molar-refractivity contribution in [3.8, 4) is 0 Å². The van der Waals surface area contributed by atoms with Crippen molar-refractivity contribution < 1.29 is 23.2 Å². The highest BCUT2D eigenvalue weighted by molar-refractivity contribution is 7.48. The SMILES string of the molecule is CCCCCCCCCCCCC(O)(CC)OP(=O)(OC)OC. The van der Waals surface area contributed by atoms with Gasteiger partial charge in [-0.05, 0) is 12.8 Å². The molecular formula is C17H37O5P. The molecule has 5 nitrogen and oxygen atoms in total. The summed E-state index contributed by atoms with van der Waals surface area (Å²) in [5, 5.41) is 10.4. The van der Waals surface area contributed by atoms with Crippen LogP contribution in [0.25, 0.3) is 0 Å². The van der Waals surface area contributed by atoms with Gasteiger partial charge in [0.05, 0.1) is 0 Å². The Bertz CT molecular complexity index is 316. The largest absolute Gasteiger partial charge is 0.476 e. The van der Waals surface area contributed by atoms with Gasteiger partial charge in [-0.1, -0.05) is 71.6 Å². The van der Waals surface area contributed by atoms with Crippen LogP contribution in [0.15, 0.2) is 0 Å². The zero-order valence-corrected chi connectivity index (χ0v) is 16.4. The first-order chi connectivity index (χ1) is 10.9. The molecule has 0 saturated heterocycles. The minimum absolute atomic E-state index is 0.348. The van der Waals surface area contributed by atoms with E-state index in [-0.39, 0.29) is 0 Å². The molecule has 0 aliphatic carbocycles. The van der Waals surface area contributed by atoms with Gasteiger partial charge in [0.15, 0.2) is 5.79 Å². The second-order valence-electron chi connectivity index (χ2n) is 6.14. The molecule has 0 aromatic rings. The van der Waals surface area contributed by atoms with E-state index in [4.69, 9.17) is 13.6 Å². The van der Waals surface area contributed by atoms with E-state index in [2.05, 4.69) is 6.92 Å². The van der Waals surface area contributed by atoms with Gasteiger partial charge in [-0.2, -0.15) is 0 Å². The topological polar surface area (TPSA) is 65.0 Å². The summed E-state index contributed by atoms with van der Waals surface area (Å²) in [4.78, 5) is 0. The fourth-order valence-corrected chi connectivity index (χ4v) is 3.47. The molecule has 0 amide bonds. The summed E-state index contributed by atoms with van der Waals surface area (Å²) in [6.07, 6.45) is 13.1. The van der Waals surface area contributed by atoms with Crippen LogP contribution in [-0.4, -0.2) is 25.1 Å². The molecule has 0 fully saturated rings. The van der Waals surface area contributed by atoms with Gasteiger partial charge in [0, 0.05) is 20.6 Å². The Kier molecular flexibility index (Phi) is 13.4. The van der Waals surface area contributed by atoms with Crippen molar-refractivity contribution in [3.05, 3.63) is 0 Å². The monoisotopic (exact) mass is 352 g/mol. The maximum absolute atomic E-state index is 12.0. The highest BCUT2D eigenvalue weighted by Gasteiger charge is 2.36. The van der Waals surface area contributed by atoms with Crippen molar-refractivity contribution in [2.75, 3.05) is 14.2 Å². The van der Waals surface area contributed by atoms with Gasteiger partial charge in [-0.3, -0.25) is 13.6 Å². The van der Waals surface area contributed by atoms with Crippen LogP contribution >= 0.6 is 7.82 Å². The lowest BCUT2D eigenvalue weighted by Crippen LogP contribution is -2.30. The first-order valence-corrected chi connectivity index (χ1v) is 10.6. The Labute approximate surface area is 142 Å². The molecule has 23 heavy (non-hydrogen) atoms. The summed E-state index contributed by atoms with van der Waals surface area (Å²) >= 11 is 0. The number of hydrogen-bond donors (Lipinski definition) is 1. The van der Waals surface area contributed by atoms with Crippen molar-refractivity contribution in [2.45, 2.75) is 96.7 Å². The number of phosphoric acid groups is 1. The summed E-state index contributed by atoms with van der Waals surface area (Å²) in [6.45, 7) is 4.03. The fraction of sp³-hybridized carbons (Fsp3) is 1.00. The molecular weight excluding hydrogens is 315 g/mol. The molecule has 0 saturated carbocycles. The van der Waals surface area contributed by atoms with Crippen molar-refractivity contribution >= 4 is 7.82 Å². The highest BCUT2D eigenvalue weighted by Crippen LogP contribution is 2.52. The Morgan fingerprint density at radius 3 is 1.65 bits per heavy atom. The fourth-order valence-electron chi connectivity index (χ4n) is 2.53. The maximum Gasteiger partial charge on any atom is 0.476 e. The second kappa shape index (κ2) is 13.4. The molecule has 0 spiro atoms. The average Bonchev–Trinajstić information content (AvgIpc) is 2.56. The normalized spacial score (nSPS) is 14.8. The van der Waals surface area contributed by atoms with E-state index in [0.29, 0.717) is 12.8 Å². The first-order valence-electron chi connectivity index (χ1n) is 9.10. The van der Waals surface area contributed by atoms with E-state index < -0.39 is 13.6 Å². The lowest BCUT2D eigenvalue weighted by Gasteiger charge is -2.29. The summed E-state index contributed by atoms with van der Waals surface area (Å²) in [6, 6.07) is 0. The Hall–Kier alpha value is 0.0700. The van der Waals surface area contributed by atoms with Crippen molar-refractivity contribution in [3.63, 3.8) is 0 Å². The lowest BCUT2D eigenvalue weighted by atomic mass is 10.0. The molecule has 0 radical (unpaired) electrons. The Morgan fingerprint density at radius 2 is 1.26 bits per heavy atom. The molecule has 0 aliphatic rings. The van der Waals surface area contributed by atoms with E-state index in [0.717, 1.165) is 12.8 Å². The van der Waals surface area contributed by atoms with E-state index in [1.807, 2.05) is 0 Å². The van der Waals surface area contributed by atoms with Crippen LogP contribution < -0.4 is 0 Å². The van der Waals surface area contributed by atoms with E-state index >= 15 is 0 Å². The zero-order chi connectivity index (χ0) is 17.6. The van der Waals surface area contributed by atoms with Gasteiger partial charge < -0.3 is 5.11 Å². The summed E-state index contributed by atoms with van der Waals surface area (Å²) < 4.78 is 26.7. The van der Waals surface area contributed by atoms with E-state index in [1.54, 1.807) is 6.92 Å². The maximum atomic E-state index is 12.0. The molecule has 0 aliphatic heterocycles. The third kappa shape index (κ3) is 11.3. The minimum Gasteiger partial charge on any atom is -0.365 e. The number of hydrogen-bond acceptors (Lipinski definition) is 5. The zero-order valence-electron chi connectivity index (χ0n) is 15.5. The Morgan fingerprint density at radius 1 is 0.826 bits per heavy atom. The third-order valence-electron chi connectivity index (χ3n) is 4.20. The van der Waals surface area contributed by atoms with Crippen LogP contribution in [0.2, 0.25) is 0 Å². The Balaban J connectivity index is 3.81. The van der Waals surface area contributed by atoms with Crippen LogP contribution in [-0.2, 0) is 18.1 Å². The molecule has 0 bridgehead atoms. The minimum atomic E-state index is -3.65. The van der Waals surface area contributed by atoms with Crippen molar-refractivity contribution in [1.82, 2.24) is 0 Å². The van der Waals surface area contributed by atoms with Crippen LogP contribution in [0.1, 0.15) is 90.9 Å². The summed E-state index contributed by atoms with van der Waals surface area (Å²) in [7, 11) is -1.15. The predicted octanol–water partition coefficient (Wildman–Crippen LogP) is 5.81. The lowest BCUT2D eigenvalue weighted by molar-refractivity contribution is -0.159. The summed E-state index contributed by atoms with van der Waals surface area (Å²) in [5.41, 5.74) is 0. The third-order valence-corrected chi connectivity index (χ3v) is 5.66. The number of rotatable bonds is 16. The first kappa shape index (κ1) is 23.1. The highest BCUT2D eigenvalue weighted by atomic mass is 31.2. The molecule has 0 aromatic carbocycles. The molecule has 0 aromatic heterocycles. The molecule has 1 N–H and O–H groups in total. The van der Waals surface area contributed by atoms with Crippen LogP contribution in [0, 0.1) is 0 Å². The molecule has 140 valence electrons. The van der Waals surface area contributed by atoms with Gasteiger partial charge in [-0.15, -0.1) is 0 Å². The standard InChI is InChI=1S/C17H37O5P/c1-5-7-8-9-10-11-12-13-14-15-16-17(18,6-2)22-23(19,20-3)21-4/h18H,5-16H2,1-4H3. The van der Waals surface area contributed by atoms with Gasteiger partial charge >= 0.3 is 7.82 Å². The van der Waals surface area contributed by atoms with Crippen molar-refractivity contribution in [2.24, 2.45) is 0 Å². The molecule has 1 atom stereocenters. The second-order valence-corrected chi connectivity index (χ2v) is 7.94. The van der Waals surface area contributed by atoms with Gasteiger partial charge in [0.25, 0.3) is 0 Å². The van der Waals surface area contributed by atoms with Gasteiger partial charge in [-0.25, -0.2) is 4.57 Å². The molecule has 0 rings (SSSR count). The smallest absolute Gasteiger partial charge is 0.365 e. The van der Waals surface area contributed by atoms with Crippen LogP contribution in [0.3, 0.4) is 0 Å². The quantitative estimate of drug-likeness (QED) is 0.216.